The second-order valence-corrected chi connectivity index (χ2v) is 6.08. The molecule has 0 amide bonds. The molecule has 1 atom stereocenters. The highest BCUT2D eigenvalue weighted by molar-refractivity contribution is 9.10. The zero-order valence-electron chi connectivity index (χ0n) is 13.0. The van der Waals surface area contributed by atoms with Crippen LogP contribution in [0.3, 0.4) is 0 Å². The van der Waals surface area contributed by atoms with Crippen LogP contribution in [0.4, 0.5) is 5.69 Å². The Kier molecular flexibility index (Phi) is 4.42. The molecule has 3 heterocycles. The Labute approximate surface area is 144 Å². The van der Waals surface area contributed by atoms with E-state index in [1.54, 1.807) is 4.68 Å². The van der Waals surface area contributed by atoms with E-state index in [1.165, 1.54) is 17.1 Å². The van der Waals surface area contributed by atoms with Gasteiger partial charge >= 0.3 is 5.69 Å². The number of hydrogen-bond acceptors (Lipinski definition) is 7. The van der Waals surface area contributed by atoms with Crippen molar-refractivity contribution in [3.8, 4) is 0 Å². The first-order valence-corrected chi connectivity index (χ1v) is 7.93. The number of halogens is 1. The van der Waals surface area contributed by atoms with E-state index in [1.807, 2.05) is 20.0 Å². The van der Waals surface area contributed by atoms with Crippen LogP contribution in [0.1, 0.15) is 30.4 Å². The fraction of sp³-hybridized carbons (Fsp3) is 0.385. The molecule has 3 rings (SSSR count). The summed E-state index contributed by atoms with van der Waals surface area (Å²) in [5.41, 5.74) is 0.830. The van der Waals surface area contributed by atoms with Crippen LogP contribution in [0.25, 0.3) is 0 Å². The number of aromatic nitrogens is 6. The molecule has 0 aromatic carbocycles. The summed E-state index contributed by atoms with van der Waals surface area (Å²) in [5, 5.41) is 27.0. The lowest BCUT2D eigenvalue weighted by Gasteiger charge is -2.06. The molecule has 24 heavy (non-hydrogen) atoms. The molecule has 0 saturated carbocycles. The van der Waals surface area contributed by atoms with Crippen molar-refractivity contribution in [3.63, 3.8) is 0 Å². The smallest absolute Gasteiger partial charge is 0.306 e. The highest BCUT2D eigenvalue weighted by Crippen LogP contribution is 2.21. The minimum Gasteiger partial charge on any atom is -0.423 e. The molecule has 126 valence electrons. The van der Waals surface area contributed by atoms with Crippen molar-refractivity contribution < 1.29 is 9.34 Å². The predicted molar refractivity (Wildman–Crippen MR) is 85.4 cm³/mol. The van der Waals surface area contributed by atoms with Crippen LogP contribution in [0.5, 0.6) is 0 Å². The Bertz CT molecular complexity index is 849. The highest BCUT2D eigenvalue weighted by Gasteiger charge is 2.18. The average molecular weight is 396 g/mol. The summed E-state index contributed by atoms with van der Waals surface area (Å²) in [4.78, 5) is 10.1. The first-order chi connectivity index (χ1) is 11.4. The second-order valence-electron chi connectivity index (χ2n) is 5.22. The van der Waals surface area contributed by atoms with Gasteiger partial charge in [0.1, 0.15) is 18.4 Å². The molecule has 0 N–H and O–H groups in total. The van der Waals surface area contributed by atoms with Gasteiger partial charge in [0, 0.05) is 19.2 Å². The average Bonchev–Trinajstić information content (AvgIpc) is 3.25. The molecule has 10 nitrogen and oxygen atoms in total. The largest absolute Gasteiger partial charge is 0.423 e. The van der Waals surface area contributed by atoms with E-state index in [0.717, 1.165) is 10.2 Å². The van der Waals surface area contributed by atoms with Crippen molar-refractivity contribution >= 4 is 21.6 Å². The van der Waals surface area contributed by atoms with Crippen LogP contribution >= 0.6 is 15.9 Å². The third-order valence-electron chi connectivity index (χ3n) is 3.48. The summed E-state index contributed by atoms with van der Waals surface area (Å²) in [7, 11) is 0. The SMILES string of the molecule is Cc1nn(C(C)c2nnc(CCn3cc([N+](=O)[O-])cn3)o2)cc1Br. The molecule has 0 aliphatic carbocycles. The molecule has 3 aromatic heterocycles. The van der Waals surface area contributed by atoms with E-state index < -0.39 is 4.92 Å². The number of aryl methyl sites for hydroxylation is 3. The van der Waals surface area contributed by atoms with Crippen molar-refractivity contribution in [2.24, 2.45) is 0 Å². The molecular weight excluding hydrogens is 382 g/mol. The van der Waals surface area contributed by atoms with Crippen LogP contribution in [-0.2, 0) is 13.0 Å². The van der Waals surface area contributed by atoms with Gasteiger partial charge in [-0.05, 0) is 29.8 Å². The standard InChI is InChI=1S/C13H14BrN7O3/c1-8-11(14)7-20(18-8)9(2)13-17-16-12(24-13)3-4-19-6-10(5-15-19)21(22)23/h5-7,9H,3-4H2,1-2H3. The van der Waals surface area contributed by atoms with Gasteiger partial charge in [-0.25, -0.2) is 0 Å². The molecule has 0 saturated heterocycles. The topological polar surface area (TPSA) is 118 Å². The Morgan fingerprint density at radius 2 is 2.21 bits per heavy atom. The summed E-state index contributed by atoms with van der Waals surface area (Å²) in [6.07, 6.45) is 4.86. The van der Waals surface area contributed by atoms with E-state index in [-0.39, 0.29) is 11.7 Å². The van der Waals surface area contributed by atoms with E-state index >= 15 is 0 Å². The van der Waals surface area contributed by atoms with Crippen molar-refractivity contribution in [3.05, 3.63) is 50.7 Å². The lowest BCUT2D eigenvalue weighted by molar-refractivity contribution is -0.385. The highest BCUT2D eigenvalue weighted by atomic mass is 79.9. The second kappa shape index (κ2) is 6.51. The third-order valence-corrected chi connectivity index (χ3v) is 4.26. The van der Waals surface area contributed by atoms with Gasteiger partial charge < -0.3 is 4.42 Å². The van der Waals surface area contributed by atoms with E-state index in [9.17, 15) is 10.1 Å². The van der Waals surface area contributed by atoms with Crippen molar-refractivity contribution in [1.82, 2.24) is 29.8 Å². The maximum atomic E-state index is 10.6. The fourth-order valence-electron chi connectivity index (χ4n) is 2.09. The van der Waals surface area contributed by atoms with Gasteiger partial charge in [0.15, 0.2) is 0 Å². The molecule has 3 aromatic rings. The first-order valence-electron chi connectivity index (χ1n) is 7.14. The normalized spacial score (nSPS) is 12.5. The third kappa shape index (κ3) is 3.35. The van der Waals surface area contributed by atoms with Crippen LogP contribution in [-0.4, -0.2) is 34.7 Å². The Morgan fingerprint density at radius 3 is 2.83 bits per heavy atom. The van der Waals surface area contributed by atoms with Crippen molar-refractivity contribution in [2.75, 3.05) is 0 Å². The van der Waals surface area contributed by atoms with Crippen LogP contribution in [0.15, 0.2) is 27.5 Å². The van der Waals surface area contributed by atoms with Crippen LogP contribution in [0.2, 0.25) is 0 Å². The molecule has 0 spiro atoms. The van der Waals surface area contributed by atoms with E-state index in [0.29, 0.717) is 24.7 Å². The molecule has 0 aliphatic rings. The lowest BCUT2D eigenvalue weighted by Crippen LogP contribution is -2.07. The van der Waals surface area contributed by atoms with E-state index in [4.69, 9.17) is 4.42 Å². The number of hydrogen-bond donors (Lipinski definition) is 0. The van der Waals surface area contributed by atoms with Gasteiger partial charge in [-0.15, -0.1) is 10.2 Å². The Hall–Kier alpha value is -2.56. The molecule has 11 heteroatoms. The maximum Gasteiger partial charge on any atom is 0.306 e. The van der Waals surface area contributed by atoms with Gasteiger partial charge in [-0.2, -0.15) is 10.2 Å². The fourth-order valence-corrected chi connectivity index (χ4v) is 2.38. The maximum absolute atomic E-state index is 10.6. The number of nitro groups is 1. The molecule has 0 radical (unpaired) electrons. The van der Waals surface area contributed by atoms with Crippen molar-refractivity contribution in [1.29, 1.82) is 0 Å². The molecule has 1 unspecified atom stereocenters. The minimum absolute atomic E-state index is 0.0468. The summed E-state index contributed by atoms with van der Waals surface area (Å²) >= 11 is 3.42. The Morgan fingerprint density at radius 1 is 1.42 bits per heavy atom. The first kappa shape index (κ1) is 16.3. The monoisotopic (exact) mass is 395 g/mol. The molecule has 0 bridgehead atoms. The van der Waals surface area contributed by atoms with Gasteiger partial charge in [0.2, 0.25) is 11.8 Å². The van der Waals surface area contributed by atoms with Gasteiger partial charge in [-0.3, -0.25) is 19.5 Å². The van der Waals surface area contributed by atoms with Gasteiger partial charge in [-0.1, -0.05) is 0 Å². The van der Waals surface area contributed by atoms with Gasteiger partial charge in [0.05, 0.1) is 15.1 Å². The molecule has 0 fully saturated rings. The molecule has 0 aliphatic heterocycles. The summed E-state index contributed by atoms with van der Waals surface area (Å²) in [5.74, 6) is 0.893. The predicted octanol–water partition coefficient (Wildman–Crippen LogP) is 2.29. The quantitative estimate of drug-likeness (QED) is 0.463. The number of nitrogens with zero attached hydrogens (tertiary/aromatic N) is 7. The lowest BCUT2D eigenvalue weighted by atomic mass is 10.3. The van der Waals surface area contributed by atoms with Crippen LogP contribution in [0, 0.1) is 17.0 Å². The zero-order chi connectivity index (χ0) is 17.3. The number of rotatable bonds is 6. The summed E-state index contributed by atoms with van der Waals surface area (Å²) in [6.45, 7) is 4.22. The Balaban J connectivity index is 1.65. The summed E-state index contributed by atoms with van der Waals surface area (Å²) < 4.78 is 9.78. The summed E-state index contributed by atoms with van der Waals surface area (Å²) in [6, 6.07) is -0.193. The molecular formula is C13H14BrN7O3. The minimum atomic E-state index is -0.486. The van der Waals surface area contributed by atoms with Gasteiger partial charge in [0.25, 0.3) is 0 Å². The zero-order valence-corrected chi connectivity index (χ0v) is 14.5. The van der Waals surface area contributed by atoms with Crippen molar-refractivity contribution in [2.45, 2.75) is 32.9 Å². The van der Waals surface area contributed by atoms with E-state index in [2.05, 4.69) is 36.3 Å². The van der Waals surface area contributed by atoms with Crippen LogP contribution < -0.4 is 0 Å².